The molecule has 0 bridgehead atoms. The standard InChI is InChI=1S/C24H22FN5O4/c1-4-29(17-7-8-18(25)20(11-17)33-2)23(31)16-6-10-22-27-13-19(30(22)14-16)15-5-9-21(26-12-15)28-24(32)34-3/h5-14H,4H2,1-3H3,(H,26,28,32). The van der Waals surface area contributed by atoms with Gasteiger partial charge in [0.15, 0.2) is 11.6 Å². The first-order valence-corrected chi connectivity index (χ1v) is 10.4. The van der Waals surface area contributed by atoms with Gasteiger partial charge in [-0.25, -0.2) is 19.2 Å². The van der Waals surface area contributed by atoms with Crippen LogP contribution in [0.15, 0.2) is 61.1 Å². The van der Waals surface area contributed by atoms with Crippen LogP contribution in [-0.2, 0) is 4.74 Å². The molecule has 0 radical (unpaired) electrons. The van der Waals surface area contributed by atoms with Crippen molar-refractivity contribution >= 4 is 29.2 Å². The zero-order chi connectivity index (χ0) is 24.2. The van der Waals surface area contributed by atoms with Crippen molar-refractivity contribution in [2.45, 2.75) is 6.92 Å². The summed E-state index contributed by atoms with van der Waals surface area (Å²) in [4.78, 5) is 34.9. The number of amides is 2. The number of anilines is 2. The third-order valence-electron chi connectivity index (χ3n) is 5.24. The van der Waals surface area contributed by atoms with E-state index in [2.05, 4.69) is 20.0 Å². The lowest BCUT2D eigenvalue weighted by atomic mass is 10.2. The summed E-state index contributed by atoms with van der Waals surface area (Å²) in [6, 6.07) is 11.2. The molecule has 0 fully saturated rings. The Morgan fingerprint density at radius 1 is 1.09 bits per heavy atom. The third-order valence-corrected chi connectivity index (χ3v) is 5.24. The van der Waals surface area contributed by atoms with Gasteiger partial charge in [-0.05, 0) is 43.3 Å². The molecular weight excluding hydrogens is 441 g/mol. The Morgan fingerprint density at radius 3 is 2.59 bits per heavy atom. The predicted molar refractivity (Wildman–Crippen MR) is 125 cm³/mol. The maximum absolute atomic E-state index is 13.8. The first kappa shape index (κ1) is 22.7. The molecule has 4 aromatic rings. The highest BCUT2D eigenvalue weighted by molar-refractivity contribution is 6.06. The second-order valence-electron chi connectivity index (χ2n) is 7.21. The molecule has 34 heavy (non-hydrogen) atoms. The molecule has 3 heterocycles. The van der Waals surface area contributed by atoms with Gasteiger partial charge in [-0.2, -0.15) is 0 Å². The van der Waals surface area contributed by atoms with Crippen LogP contribution in [0.4, 0.5) is 20.7 Å². The minimum atomic E-state index is -0.613. The van der Waals surface area contributed by atoms with Crippen LogP contribution < -0.4 is 15.0 Å². The van der Waals surface area contributed by atoms with Gasteiger partial charge in [-0.15, -0.1) is 0 Å². The van der Waals surface area contributed by atoms with E-state index < -0.39 is 11.9 Å². The topological polar surface area (TPSA) is 98.1 Å². The summed E-state index contributed by atoms with van der Waals surface area (Å²) >= 11 is 0. The van der Waals surface area contributed by atoms with Crippen LogP contribution in [0, 0.1) is 5.82 Å². The Balaban J connectivity index is 1.66. The van der Waals surface area contributed by atoms with E-state index >= 15 is 0 Å². The molecule has 0 saturated heterocycles. The summed E-state index contributed by atoms with van der Waals surface area (Å²) in [7, 11) is 2.65. The van der Waals surface area contributed by atoms with E-state index in [-0.39, 0.29) is 11.7 Å². The van der Waals surface area contributed by atoms with Crippen molar-refractivity contribution in [3.63, 3.8) is 0 Å². The highest BCUT2D eigenvalue weighted by atomic mass is 19.1. The minimum absolute atomic E-state index is 0.0636. The van der Waals surface area contributed by atoms with Gasteiger partial charge >= 0.3 is 6.09 Å². The number of fused-ring (bicyclic) bond motifs is 1. The maximum Gasteiger partial charge on any atom is 0.412 e. The maximum atomic E-state index is 13.8. The van der Waals surface area contributed by atoms with Crippen LogP contribution in [-0.4, -0.2) is 47.1 Å². The van der Waals surface area contributed by atoms with E-state index in [4.69, 9.17) is 4.74 Å². The minimum Gasteiger partial charge on any atom is -0.494 e. The number of halogens is 1. The van der Waals surface area contributed by atoms with Crippen molar-refractivity contribution in [1.29, 1.82) is 0 Å². The zero-order valence-corrected chi connectivity index (χ0v) is 18.8. The molecule has 0 atom stereocenters. The Bertz CT molecular complexity index is 1350. The molecule has 1 aromatic carbocycles. The number of nitrogens with zero attached hydrogens (tertiary/aromatic N) is 4. The lowest BCUT2D eigenvalue weighted by Gasteiger charge is -2.22. The molecule has 0 aliphatic rings. The molecule has 9 nitrogen and oxygen atoms in total. The molecular formula is C24H22FN5O4. The van der Waals surface area contributed by atoms with Crippen molar-refractivity contribution in [1.82, 2.24) is 14.4 Å². The van der Waals surface area contributed by atoms with Crippen molar-refractivity contribution in [2.24, 2.45) is 0 Å². The number of nitrogens with one attached hydrogen (secondary N) is 1. The number of imidazole rings is 1. The molecule has 4 rings (SSSR count). The van der Waals surface area contributed by atoms with E-state index in [0.29, 0.717) is 35.0 Å². The fraction of sp³-hybridized carbons (Fsp3) is 0.167. The second kappa shape index (κ2) is 9.57. The molecule has 2 amide bonds. The van der Waals surface area contributed by atoms with Gasteiger partial charge in [-0.3, -0.25) is 14.5 Å². The van der Waals surface area contributed by atoms with E-state index in [0.717, 1.165) is 5.56 Å². The van der Waals surface area contributed by atoms with Gasteiger partial charge in [0.05, 0.1) is 31.7 Å². The van der Waals surface area contributed by atoms with Crippen molar-refractivity contribution in [2.75, 3.05) is 31.0 Å². The van der Waals surface area contributed by atoms with Crippen LogP contribution in [0.2, 0.25) is 0 Å². The SMILES string of the molecule is CCN(C(=O)c1ccc2ncc(-c3ccc(NC(=O)OC)nc3)n2c1)c1ccc(F)c(OC)c1. The first-order valence-electron chi connectivity index (χ1n) is 10.4. The van der Waals surface area contributed by atoms with Crippen LogP contribution >= 0.6 is 0 Å². The van der Waals surface area contributed by atoms with E-state index in [1.165, 1.54) is 37.3 Å². The average Bonchev–Trinajstić information content (AvgIpc) is 3.29. The van der Waals surface area contributed by atoms with Crippen molar-refractivity contribution in [3.05, 3.63) is 72.4 Å². The van der Waals surface area contributed by atoms with Gasteiger partial charge in [0.25, 0.3) is 5.91 Å². The van der Waals surface area contributed by atoms with Gasteiger partial charge in [0.1, 0.15) is 11.5 Å². The van der Waals surface area contributed by atoms with Crippen LogP contribution in [0.5, 0.6) is 5.75 Å². The second-order valence-corrected chi connectivity index (χ2v) is 7.21. The lowest BCUT2D eigenvalue weighted by Crippen LogP contribution is -2.30. The van der Waals surface area contributed by atoms with Crippen LogP contribution in [0.3, 0.4) is 0 Å². The lowest BCUT2D eigenvalue weighted by molar-refractivity contribution is 0.0987. The average molecular weight is 463 g/mol. The van der Waals surface area contributed by atoms with E-state index in [1.807, 2.05) is 6.92 Å². The predicted octanol–water partition coefficient (Wildman–Crippen LogP) is 4.39. The smallest absolute Gasteiger partial charge is 0.412 e. The van der Waals surface area contributed by atoms with Gasteiger partial charge in [0, 0.05) is 36.3 Å². The van der Waals surface area contributed by atoms with Crippen LogP contribution in [0.1, 0.15) is 17.3 Å². The molecule has 1 N–H and O–H groups in total. The number of rotatable bonds is 6. The Labute approximate surface area is 194 Å². The van der Waals surface area contributed by atoms with Gasteiger partial charge in [-0.1, -0.05) is 0 Å². The first-order chi connectivity index (χ1) is 16.4. The summed E-state index contributed by atoms with van der Waals surface area (Å²) in [5, 5.41) is 2.49. The number of benzene rings is 1. The van der Waals surface area contributed by atoms with Crippen molar-refractivity contribution in [3.8, 4) is 17.0 Å². The number of carbonyl (C=O) groups excluding carboxylic acids is 2. The third kappa shape index (κ3) is 4.38. The number of carbonyl (C=O) groups is 2. The number of hydrogen-bond donors (Lipinski definition) is 1. The number of aromatic nitrogens is 3. The van der Waals surface area contributed by atoms with Crippen LogP contribution in [0.25, 0.3) is 16.9 Å². The number of pyridine rings is 2. The molecule has 10 heteroatoms. The summed E-state index contributed by atoms with van der Waals surface area (Å²) in [5.41, 5.74) is 3.05. The molecule has 0 saturated carbocycles. The van der Waals surface area contributed by atoms with Gasteiger partial charge < -0.3 is 14.4 Å². The Hall–Kier alpha value is -4.47. The van der Waals surface area contributed by atoms with Gasteiger partial charge in [0.2, 0.25) is 0 Å². The summed E-state index contributed by atoms with van der Waals surface area (Å²) in [6.45, 7) is 2.21. The molecule has 0 aliphatic carbocycles. The normalized spacial score (nSPS) is 10.7. The number of hydrogen-bond acceptors (Lipinski definition) is 6. The monoisotopic (exact) mass is 463 g/mol. The fourth-order valence-electron chi connectivity index (χ4n) is 3.51. The molecule has 174 valence electrons. The summed E-state index contributed by atoms with van der Waals surface area (Å²) in [5.74, 6) is -0.351. The molecule has 0 spiro atoms. The molecule has 0 unspecified atom stereocenters. The molecule has 3 aromatic heterocycles. The van der Waals surface area contributed by atoms with E-state index in [9.17, 15) is 14.0 Å². The molecule has 0 aliphatic heterocycles. The largest absolute Gasteiger partial charge is 0.494 e. The highest BCUT2D eigenvalue weighted by Gasteiger charge is 2.19. The van der Waals surface area contributed by atoms with E-state index in [1.54, 1.807) is 47.3 Å². The zero-order valence-electron chi connectivity index (χ0n) is 18.8. The Kier molecular flexibility index (Phi) is 6.39. The fourth-order valence-corrected chi connectivity index (χ4v) is 3.51. The number of ether oxygens (including phenoxy) is 2. The summed E-state index contributed by atoms with van der Waals surface area (Å²) in [6.07, 6.45) is 4.35. The van der Waals surface area contributed by atoms with Crippen molar-refractivity contribution < 1.29 is 23.5 Å². The highest BCUT2D eigenvalue weighted by Crippen LogP contribution is 2.27. The number of methoxy groups -OCH3 is 2. The quantitative estimate of drug-likeness (QED) is 0.456. The summed E-state index contributed by atoms with van der Waals surface area (Å²) < 4.78 is 25.2. The Morgan fingerprint density at radius 2 is 1.91 bits per heavy atom.